The highest BCUT2D eigenvalue weighted by atomic mass is 32.2. The molecule has 0 amide bonds. The van der Waals surface area contributed by atoms with E-state index < -0.39 is 0 Å². The molecule has 3 heterocycles. The highest BCUT2D eigenvalue weighted by molar-refractivity contribution is 7.99. The second-order valence-corrected chi connectivity index (χ2v) is 11.2. The molecule has 1 aliphatic rings. The lowest BCUT2D eigenvalue weighted by Gasteiger charge is -2.36. The zero-order chi connectivity index (χ0) is 24.1. The molecule has 1 saturated heterocycles. The lowest BCUT2D eigenvalue weighted by Crippen LogP contribution is -2.50. The van der Waals surface area contributed by atoms with E-state index in [4.69, 9.17) is 0 Å². The molecule has 3 aromatic rings. The van der Waals surface area contributed by atoms with Gasteiger partial charge < -0.3 is 9.38 Å². The number of thioether (sulfide) groups is 1. The van der Waals surface area contributed by atoms with Gasteiger partial charge >= 0.3 is 5.16 Å². The summed E-state index contributed by atoms with van der Waals surface area (Å²) in [4.78, 5) is 2.56. The summed E-state index contributed by atoms with van der Waals surface area (Å²) >= 11 is 1.96. The Hall–Kier alpha value is -2.57. The zero-order valence-electron chi connectivity index (χ0n) is 21.4. The predicted octanol–water partition coefficient (Wildman–Crippen LogP) is 3.68. The number of anilines is 1. The van der Waals surface area contributed by atoms with Crippen molar-refractivity contribution in [3.05, 3.63) is 72.3 Å². The van der Waals surface area contributed by atoms with Gasteiger partial charge in [-0.1, -0.05) is 24.3 Å². The van der Waals surface area contributed by atoms with E-state index in [2.05, 4.69) is 120 Å². The van der Waals surface area contributed by atoms with Crippen LogP contribution in [0, 0.1) is 0 Å². The van der Waals surface area contributed by atoms with Crippen molar-refractivity contribution in [2.45, 2.75) is 24.0 Å². The molecule has 1 atom stereocenters. The summed E-state index contributed by atoms with van der Waals surface area (Å²) in [5, 5.41) is 1.33. The van der Waals surface area contributed by atoms with E-state index in [0.717, 1.165) is 17.6 Å². The third-order valence-electron chi connectivity index (χ3n) is 7.11. The van der Waals surface area contributed by atoms with Crippen molar-refractivity contribution < 1.29 is 13.6 Å². The van der Waals surface area contributed by atoms with Crippen LogP contribution in [0.4, 0.5) is 5.69 Å². The Morgan fingerprint density at radius 3 is 2.32 bits per heavy atom. The number of aromatic nitrogens is 3. The third-order valence-corrected chi connectivity index (χ3v) is 8.44. The predicted molar refractivity (Wildman–Crippen MR) is 143 cm³/mol. The van der Waals surface area contributed by atoms with Crippen LogP contribution in [0.1, 0.15) is 24.0 Å². The SMILES string of the molecule is Cn1cc[n+](C)c1SCCC[N+](C)(C)C1CCN(c2ccc(/C=C/c3cc[n+](C)cc3)cc2)C1. The van der Waals surface area contributed by atoms with Gasteiger partial charge in [0.2, 0.25) is 0 Å². The van der Waals surface area contributed by atoms with Gasteiger partial charge in [0.15, 0.2) is 12.4 Å². The van der Waals surface area contributed by atoms with Gasteiger partial charge in [-0.05, 0) is 35.0 Å². The van der Waals surface area contributed by atoms with E-state index in [1.54, 1.807) is 0 Å². The Kier molecular flexibility index (Phi) is 7.79. The molecular formula is C28H40N5S+3. The van der Waals surface area contributed by atoms with Gasteiger partial charge in [0.05, 0.1) is 41.3 Å². The maximum absolute atomic E-state index is 2.56. The number of hydrogen-bond donors (Lipinski definition) is 0. The normalized spacial score (nSPS) is 16.6. The fourth-order valence-corrected chi connectivity index (χ4v) is 5.74. The van der Waals surface area contributed by atoms with Crippen LogP contribution in [-0.2, 0) is 21.1 Å². The first-order valence-corrected chi connectivity index (χ1v) is 13.3. The maximum atomic E-state index is 2.56. The van der Waals surface area contributed by atoms with Crippen LogP contribution in [0.2, 0.25) is 0 Å². The van der Waals surface area contributed by atoms with Crippen LogP contribution in [0.5, 0.6) is 0 Å². The average Bonchev–Trinajstić information content (AvgIpc) is 3.45. The van der Waals surface area contributed by atoms with E-state index >= 15 is 0 Å². The Bertz CT molecular complexity index is 1080. The fourth-order valence-electron chi connectivity index (χ4n) is 4.76. The van der Waals surface area contributed by atoms with E-state index in [1.807, 2.05) is 18.8 Å². The maximum Gasteiger partial charge on any atom is 0.317 e. The molecule has 1 unspecified atom stereocenters. The monoisotopic (exact) mass is 478 g/mol. The van der Waals surface area contributed by atoms with Gasteiger partial charge in [-0.3, -0.25) is 0 Å². The number of quaternary nitrogens is 1. The standard InChI is InChI=1S/C28H40N5S/c1-29-16-13-25(14-17-29)8-7-24-9-11-26(12-10-24)32-18-15-27(23-32)33(4,5)21-6-22-34-28-30(2)19-20-31(28)3/h7-14,16-17,19-20,27H,6,15,18,21-23H2,1-5H3/q+3. The summed E-state index contributed by atoms with van der Waals surface area (Å²) in [6.07, 6.45) is 15.3. The quantitative estimate of drug-likeness (QED) is 0.202. The molecule has 0 spiro atoms. The lowest BCUT2D eigenvalue weighted by molar-refractivity contribution is -0.912. The molecular weight excluding hydrogens is 438 g/mol. The summed E-state index contributed by atoms with van der Waals surface area (Å²) in [5.41, 5.74) is 3.81. The van der Waals surface area contributed by atoms with Gasteiger partial charge in [-0.25, -0.2) is 13.7 Å². The van der Waals surface area contributed by atoms with Crippen molar-refractivity contribution in [3.8, 4) is 0 Å². The number of hydrogen-bond acceptors (Lipinski definition) is 2. The first-order valence-electron chi connectivity index (χ1n) is 12.3. The molecule has 0 radical (unpaired) electrons. The number of likely N-dealkylation sites (N-methyl/N-ethyl adjacent to an activating group) is 1. The van der Waals surface area contributed by atoms with Crippen LogP contribution in [0.15, 0.2) is 66.3 Å². The smallest absolute Gasteiger partial charge is 0.317 e. The highest BCUT2D eigenvalue weighted by Crippen LogP contribution is 2.26. The largest absolute Gasteiger partial charge is 0.365 e. The molecule has 34 heavy (non-hydrogen) atoms. The summed E-state index contributed by atoms with van der Waals surface area (Å²) in [5.74, 6) is 1.17. The van der Waals surface area contributed by atoms with Crippen molar-refractivity contribution in [1.82, 2.24) is 4.57 Å². The van der Waals surface area contributed by atoms with Gasteiger partial charge in [-0.2, -0.15) is 0 Å². The number of rotatable bonds is 9. The Morgan fingerprint density at radius 1 is 1.00 bits per heavy atom. The molecule has 0 bridgehead atoms. The van der Waals surface area contributed by atoms with Crippen molar-refractivity contribution in [1.29, 1.82) is 0 Å². The molecule has 5 nitrogen and oxygen atoms in total. The molecule has 0 aliphatic carbocycles. The topological polar surface area (TPSA) is 15.9 Å². The lowest BCUT2D eigenvalue weighted by atomic mass is 10.1. The van der Waals surface area contributed by atoms with Gasteiger partial charge in [-0.15, -0.1) is 0 Å². The summed E-state index contributed by atoms with van der Waals surface area (Å²) in [6, 6.07) is 14.0. The fraction of sp³-hybridized carbons (Fsp3) is 0.429. The highest BCUT2D eigenvalue weighted by Gasteiger charge is 2.34. The molecule has 0 saturated carbocycles. The van der Waals surface area contributed by atoms with Gasteiger partial charge in [0, 0.05) is 43.0 Å². The third kappa shape index (κ3) is 6.10. The van der Waals surface area contributed by atoms with Crippen molar-refractivity contribution in [3.63, 3.8) is 0 Å². The minimum atomic E-state index is 0.690. The van der Waals surface area contributed by atoms with E-state index in [1.165, 1.54) is 47.1 Å². The Balaban J connectivity index is 1.26. The number of benzene rings is 1. The average molecular weight is 479 g/mol. The molecule has 4 rings (SSSR count). The summed E-state index contributed by atoms with van der Waals surface area (Å²) in [7, 11) is 11.1. The van der Waals surface area contributed by atoms with Gasteiger partial charge in [0.1, 0.15) is 25.5 Å². The number of nitrogens with zero attached hydrogens (tertiary/aromatic N) is 5. The summed E-state index contributed by atoms with van der Waals surface area (Å²) < 4.78 is 7.58. The minimum Gasteiger partial charge on any atom is -0.365 e. The van der Waals surface area contributed by atoms with E-state index in [9.17, 15) is 0 Å². The molecule has 6 heteroatoms. The van der Waals surface area contributed by atoms with Crippen LogP contribution in [0.3, 0.4) is 0 Å². The number of imidazole rings is 1. The van der Waals surface area contributed by atoms with E-state index in [-0.39, 0.29) is 0 Å². The zero-order valence-corrected chi connectivity index (χ0v) is 22.2. The molecule has 2 aromatic heterocycles. The van der Waals surface area contributed by atoms with Crippen LogP contribution < -0.4 is 14.0 Å². The first-order chi connectivity index (χ1) is 16.3. The Morgan fingerprint density at radius 2 is 1.68 bits per heavy atom. The minimum absolute atomic E-state index is 0.690. The number of aryl methyl sites for hydroxylation is 3. The van der Waals surface area contributed by atoms with Crippen LogP contribution in [-0.4, -0.2) is 54.6 Å². The van der Waals surface area contributed by atoms with Crippen LogP contribution in [0.25, 0.3) is 12.2 Å². The van der Waals surface area contributed by atoms with Crippen molar-refractivity contribution in [2.75, 3.05) is 44.4 Å². The molecule has 1 aliphatic heterocycles. The van der Waals surface area contributed by atoms with E-state index in [0.29, 0.717) is 6.04 Å². The second kappa shape index (κ2) is 10.8. The number of pyridine rings is 1. The van der Waals surface area contributed by atoms with Crippen molar-refractivity contribution >= 4 is 29.6 Å². The van der Waals surface area contributed by atoms with Gasteiger partial charge in [0.25, 0.3) is 0 Å². The second-order valence-electron chi connectivity index (χ2n) is 10.1. The molecule has 180 valence electrons. The van der Waals surface area contributed by atoms with Crippen molar-refractivity contribution in [2.24, 2.45) is 21.1 Å². The van der Waals surface area contributed by atoms with Crippen LogP contribution >= 0.6 is 11.8 Å². The molecule has 0 N–H and O–H groups in total. The molecule has 1 fully saturated rings. The summed E-state index contributed by atoms with van der Waals surface area (Å²) in [6.45, 7) is 3.51. The Labute approximate surface area is 209 Å². The first kappa shape index (κ1) is 24.6. The molecule has 1 aromatic carbocycles.